The molecule has 0 aliphatic carbocycles. The highest BCUT2D eigenvalue weighted by atomic mass is 32.2. The second kappa shape index (κ2) is 4.69. The minimum atomic E-state index is -4.32. The lowest BCUT2D eigenvalue weighted by Gasteiger charge is -2.23. The molecule has 1 aliphatic heterocycles. The summed E-state index contributed by atoms with van der Waals surface area (Å²) in [5.41, 5.74) is 4.21. The second-order valence-corrected chi connectivity index (χ2v) is 6.40. The van der Waals surface area contributed by atoms with Crippen LogP contribution in [0.5, 0.6) is 0 Å². The number of sulfonamides is 1. The summed E-state index contributed by atoms with van der Waals surface area (Å²) in [6.45, 7) is 2.17. The minimum Gasteiger partial charge on any atom is -0.399 e. The molecule has 1 atom stereocenters. The van der Waals surface area contributed by atoms with Crippen molar-refractivity contribution < 1.29 is 21.9 Å². The molecule has 1 fully saturated rings. The Morgan fingerprint density at radius 2 is 1.95 bits per heavy atom. The number of nitrogens with two attached hydrogens (primary N) is 1. The van der Waals surface area contributed by atoms with E-state index in [9.17, 15) is 17.2 Å². The van der Waals surface area contributed by atoms with Crippen LogP contribution in [0, 0.1) is 11.6 Å². The standard InChI is InChI=1S/C11H14F2N2O3S/c1-11(2-3-18-6-11)15-19(16,17)10-8(12)4-7(14)5-9(10)13/h4-5,15H,2-3,6,14H2,1H3. The first-order valence-corrected chi connectivity index (χ1v) is 7.08. The van der Waals surface area contributed by atoms with Crippen molar-refractivity contribution in [1.82, 2.24) is 4.72 Å². The summed E-state index contributed by atoms with van der Waals surface area (Å²) >= 11 is 0. The Hall–Kier alpha value is -1.25. The van der Waals surface area contributed by atoms with Crippen LogP contribution in [-0.2, 0) is 14.8 Å². The van der Waals surface area contributed by atoms with E-state index in [1.807, 2.05) is 0 Å². The summed E-state index contributed by atoms with van der Waals surface area (Å²) in [7, 11) is -4.32. The molecule has 19 heavy (non-hydrogen) atoms. The number of halogens is 2. The highest BCUT2D eigenvalue weighted by molar-refractivity contribution is 7.89. The topological polar surface area (TPSA) is 81.4 Å². The number of rotatable bonds is 3. The largest absolute Gasteiger partial charge is 0.399 e. The molecule has 3 N–H and O–H groups in total. The summed E-state index contributed by atoms with van der Waals surface area (Å²) in [5, 5.41) is 0. The summed E-state index contributed by atoms with van der Waals surface area (Å²) in [6.07, 6.45) is 0.435. The molecule has 1 heterocycles. The van der Waals surface area contributed by atoms with E-state index in [-0.39, 0.29) is 12.3 Å². The Labute approximate surface area is 109 Å². The van der Waals surface area contributed by atoms with Crippen LogP contribution < -0.4 is 10.5 Å². The first-order valence-electron chi connectivity index (χ1n) is 5.60. The summed E-state index contributed by atoms with van der Waals surface area (Å²) in [4.78, 5) is -1.02. The fraction of sp³-hybridized carbons (Fsp3) is 0.455. The smallest absolute Gasteiger partial charge is 0.247 e. The molecule has 0 amide bonds. The van der Waals surface area contributed by atoms with Crippen LogP contribution in [0.2, 0.25) is 0 Å². The number of hydrogen-bond donors (Lipinski definition) is 2. The van der Waals surface area contributed by atoms with Gasteiger partial charge in [-0.05, 0) is 25.5 Å². The van der Waals surface area contributed by atoms with Crippen LogP contribution in [0.25, 0.3) is 0 Å². The zero-order valence-electron chi connectivity index (χ0n) is 10.2. The SMILES string of the molecule is CC1(NS(=O)(=O)c2c(F)cc(N)cc2F)CCOC1. The Kier molecular flexibility index (Phi) is 3.50. The number of nitrogens with one attached hydrogen (secondary N) is 1. The lowest BCUT2D eigenvalue weighted by molar-refractivity contribution is 0.178. The molecule has 0 aromatic heterocycles. The summed E-state index contributed by atoms with van der Waals surface area (Å²) in [5.74, 6) is -2.43. The molecule has 1 aromatic carbocycles. The van der Waals surface area contributed by atoms with Crippen molar-refractivity contribution >= 4 is 15.7 Å². The third-order valence-corrected chi connectivity index (χ3v) is 4.58. The van der Waals surface area contributed by atoms with Crippen molar-refractivity contribution in [3.63, 3.8) is 0 Å². The van der Waals surface area contributed by atoms with E-state index >= 15 is 0 Å². The molecule has 1 aromatic rings. The van der Waals surface area contributed by atoms with E-state index in [1.165, 1.54) is 0 Å². The van der Waals surface area contributed by atoms with Gasteiger partial charge >= 0.3 is 0 Å². The fourth-order valence-corrected chi connectivity index (χ4v) is 3.50. The van der Waals surface area contributed by atoms with Gasteiger partial charge in [0, 0.05) is 12.3 Å². The number of ether oxygens (including phenoxy) is 1. The predicted octanol–water partition coefficient (Wildman–Crippen LogP) is 1.00. The molecule has 5 nitrogen and oxygen atoms in total. The molecule has 0 saturated carbocycles. The molecule has 0 bridgehead atoms. The molecule has 8 heteroatoms. The van der Waals surface area contributed by atoms with Crippen LogP contribution in [0.15, 0.2) is 17.0 Å². The van der Waals surface area contributed by atoms with Gasteiger partial charge in [0.15, 0.2) is 4.90 Å². The van der Waals surface area contributed by atoms with Crippen LogP contribution in [0.4, 0.5) is 14.5 Å². The van der Waals surface area contributed by atoms with Crippen molar-refractivity contribution in [3.8, 4) is 0 Å². The van der Waals surface area contributed by atoms with Gasteiger partial charge in [-0.2, -0.15) is 0 Å². The van der Waals surface area contributed by atoms with Gasteiger partial charge in [-0.15, -0.1) is 0 Å². The maximum absolute atomic E-state index is 13.6. The van der Waals surface area contributed by atoms with Crippen LogP contribution in [-0.4, -0.2) is 27.2 Å². The van der Waals surface area contributed by atoms with Crippen molar-refractivity contribution in [1.29, 1.82) is 0 Å². The number of hydrogen-bond acceptors (Lipinski definition) is 4. The second-order valence-electron chi connectivity index (χ2n) is 4.78. The van der Waals surface area contributed by atoms with Gasteiger partial charge in [-0.1, -0.05) is 0 Å². The minimum absolute atomic E-state index is 0.157. The maximum Gasteiger partial charge on any atom is 0.247 e. The molecule has 1 unspecified atom stereocenters. The van der Waals surface area contributed by atoms with Crippen LogP contribution in [0.3, 0.4) is 0 Å². The molecule has 1 aliphatic rings. The average molecular weight is 292 g/mol. The Morgan fingerprint density at radius 1 is 1.37 bits per heavy atom. The average Bonchev–Trinajstić information content (AvgIpc) is 2.60. The molecular formula is C11H14F2N2O3S. The highest BCUT2D eigenvalue weighted by Gasteiger charge is 2.36. The zero-order chi connectivity index (χ0) is 14.3. The van der Waals surface area contributed by atoms with Gasteiger partial charge in [0.05, 0.1) is 12.1 Å². The van der Waals surface area contributed by atoms with E-state index < -0.39 is 32.1 Å². The highest BCUT2D eigenvalue weighted by Crippen LogP contribution is 2.25. The normalized spacial score (nSPS) is 23.7. The van der Waals surface area contributed by atoms with Gasteiger partial charge in [0.2, 0.25) is 10.0 Å². The first-order chi connectivity index (χ1) is 8.73. The zero-order valence-corrected chi connectivity index (χ0v) is 11.1. The monoisotopic (exact) mass is 292 g/mol. The van der Waals surface area contributed by atoms with Crippen LogP contribution in [0.1, 0.15) is 13.3 Å². The number of benzene rings is 1. The fourth-order valence-electron chi connectivity index (χ4n) is 1.96. The molecule has 0 radical (unpaired) electrons. The van der Waals surface area contributed by atoms with E-state index in [0.717, 1.165) is 12.1 Å². The van der Waals surface area contributed by atoms with Gasteiger partial charge in [-0.25, -0.2) is 21.9 Å². The van der Waals surface area contributed by atoms with Gasteiger partial charge in [0.1, 0.15) is 11.6 Å². The molecule has 0 spiro atoms. The molecule has 2 rings (SSSR count). The van der Waals surface area contributed by atoms with Gasteiger partial charge in [-0.3, -0.25) is 0 Å². The Bertz CT molecular complexity index is 575. The molecule has 106 valence electrons. The third kappa shape index (κ3) is 2.85. The van der Waals surface area contributed by atoms with Gasteiger partial charge in [0.25, 0.3) is 0 Å². The lowest BCUT2D eigenvalue weighted by Crippen LogP contribution is -2.46. The first kappa shape index (κ1) is 14.2. The quantitative estimate of drug-likeness (QED) is 0.815. The molecule has 1 saturated heterocycles. The lowest BCUT2D eigenvalue weighted by atomic mass is 10.0. The molecular weight excluding hydrogens is 278 g/mol. The Balaban J connectivity index is 2.40. The van der Waals surface area contributed by atoms with Crippen molar-refractivity contribution in [2.75, 3.05) is 18.9 Å². The van der Waals surface area contributed by atoms with E-state index in [2.05, 4.69) is 4.72 Å². The van der Waals surface area contributed by atoms with Crippen molar-refractivity contribution in [3.05, 3.63) is 23.8 Å². The maximum atomic E-state index is 13.6. The van der Waals surface area contributed by atoms with Crippen LogP contribution >= 0.6 is 0 Å². The van der Waals surface area contributed by atoms with E-state index in [1.54, 1.807) is 6.92 Å². The van der Waals surface area contributed by atoms with Crippen molar-refractivity contribution in [2.24, 2.45) is 0 Å². The summed E-state index contributed by atoms with van der Waals surface area (Å²) < 4.78 is 58.8. The third-order valence-electron chi connectivity index (χ3n) is 2.89. The predicted molar refractivity (Wildman–Crippen MR) is 64.9 cm³/mol. The van der Waals surface area contributed by atoms with E-state index in [4.69, 9.17) is 10.5 Å². The van der Waals surface area contributed by atoms with Crippen molar-refractivity contribution in [2.45, 2.75) is 23.8 Å². The summed E-state index contributed by atoms with van der Waals surface area (Å²) in [6, 6.07) is 1.54. The van der Waals surface area contributed by atoms with E-state index in [0.29, 0.717) is 13.0 Å². The number of nitrogen functional groups attached to an aromatic ring is 1. The van der Waals surface area contributed by atoms with Gasteiger partial charge < -0.3 is 10.5 Å². The Morgan fingerprint density at radius 3 is 2.42 bits per heavy atom. The number of anilines is 1.